The summed E-state index contributed by atoms with van der Waals surface area (Å²) in [4.78, 5) is 18.0. The van der Waals surface area contributed by atoms with Gasteiger partial charge in [-0.15, -0.1) is 0 Å². The van der Waals surface area contributed by atoms with Crippen LogP contribution in [0.2, 0.25) is 0 Å². The van der Waals surface area contributed by atoms with Crippen LogP contribution < -0.4 is 15.6 Å². The summed E-state index contributed by atoms with van der Waals surface area (Å²) in [6.45, 7) is 2.86. The molecule has 0 spiro atoms. The summed E-state index contributed by atoms with van der Waals surface area (Å²) in [5, 5.41) is 14.5. The molecule has 0 aliphatic carbocycles. The summed E-state index contributed by atoms with van der Waals surface area (Å²) in [7, 11) is 0. The summed E-state index contributed by atoms with van der Waals surface area (Å²) in [6.07, 6.45) is -0.808. The fourth-order valence-electron chi connectivity index (χ4n) is 3.54. The molecule has 4 aromatic rings. The van der Waals surface area contributed by atoms with E-state index >= 15 is 0 Å². The highest BCUT2D eigenvalue weighted by Crippen LogP contribution is 2.24. The SMILES string of the molecule is CCOc1ccccc1NCC(O)Cn1c(-c2ccccc2)nc2ccccc2c1=O. The maximum Gasteiger partial charge on any atom is 0.261 e. The first kappa shape index (κ1) is 20.6. The van der Waals surface area contributed by atoms with E-state index in [0.717, 1.165) is 17.0 Å². The number of fused-ring (bicyclic) bond motifs is 1. The third-order valence-electron chi connectivity index (χ3n) is 5.00. The summed E-state index contributed by atoms with van der Waals surface area (Å²) in [5.74, 6) is 1.27. The Morgan fingerprint density at radius 3 is 2.52 bits per heavy atom. The Morgan fingerprint density at radius 2 is 1.71 bits per heavy atom. The second kappa shape index (κ2) is 9.45. The predicted molar refractivity (Wildman–Crippen MR) is 124 cm³/mol. The van der Waals surface area contributed by atoms with Gasteiger partial charge in [0.2, 0.25) is 0 Å². The van der Waals surface area contributed by atoms with Crippen LogP contribution in [0, 0.1) is 0 Å². The van der Waals surface area contributed by atoms with E-state index in [9.17, 15) is 9.90 Å². The van der Waals surface area contributed by atoms with Gasteiger partial charge < -0.3 is 15.2 Å². The molecule has 0 saturated heterocycles. The van der Waals surface area contributed by atoms with Gasteiger partial charge in [0.1, 0.15) is 11.6 Å². The second-order valence-corrected chi connectivity index (χ2v) is 7.20. The third kappa shape index (κ3) is 4.59. The number of para-hydroxylation sites is 3. The van der Waals surface area contributed by atoms with Gasteiger partial charge in [0.15, 0.2) is 0 Å². The van der Waals surface area contributed by atoms with Gasteiger partial charge in [-0.2, -0.15) is 0 Å². The van der Waals surface area contributed by atoms with Crippen molar-refractivity contribution in [3.63, 3.8) is 0 Å². The van der Waals surface area contributed by atoms with Gasteiger partial charge in [-0.05, 0) is 31.2 Å². The van der Waals surface area contributed by atoms with Crippen molar-refractivity contribution in [2.75, 3.05) is 18.5 Å². The fourth-order valence-corrected chi connectivity index (χ4v) is 3.54. The highest BCUT2D eigenvalue weighted by atomic mass is 16.5. The molecule has 1 atom stereocenters. The zero-order valence-electron chi connectivity index (χ0n) is 17.4. The van der Waals surface area contributed by atoms with Crippen molar-refractivity contribution in [3.8, 4) is 17.1 Å². The van der Waals surface area contributed by atoms with Gasteiger partial charge in [-0.25, -0.2) is 4.98 Å². The average Bonchev–Trinajstić information content (AvgIpc) is 2.81. The van der Waals surface area contributed by atoms with Crippen LogP contribution >= 0.6 is 0 Å². The first-order valence-corrected chi connectivity index (χ1v) is 10.4. The van der Waals surface area contributed by atoms with Crippen LogP contribution in [0.15, 0.2) is 83.7 Å². The molecule has 4 rings (SSSR count). The molecular formula is C25H25N3O3. The van der Waals surface area contributed by atoms with Crippen molar-refractivity contribution < 1.29 is 9.84 Å². The van der Waals surface area contributed by atoms with E-state index in [2.05, 4.69) is 5.32 Å². The fraction of sp³-hybridized carbons (Fsp3) is 0.200. The number of hydrogen-bond donors (Lipinski definition) is 2. The number of rotatable bonds is 8. The molecule has 0 aliphatic heterocycles. The van der Waals surface area contributed by atoms with Crippen LogP contribution in [-0.2, 0) is 6.54 Å². The minimum atomic E-state index is -0.808. The first-order valence-electron chi connectivity index (χ1n) is 10.4. The summed E-state index contributed by atoms with van der Waals surface area (Å²) >= 11 is 0. The lowest BCUT2D eigenvalue weighted by molar-refractivity contribution is 0.165. The standard InChI is InChI=1S/C25H25N3O3/c1-2-31-23-15-9-8-14-22(23)26-16-19(29)17-28-24(18-10-4-3-5-11-18)27-21-13-7-6-12-20(21)25(28)30/h3-15,19,26,29H,2,16-17H2,1H3. The highest BCUT2D eigenvalue weighted by molar-refractivity contribution is 5.79. The molecule has 1 unspecified atom stereocenters. The molecule has 2 N–H and O–H groups in total. The smallest absolute Gasteiger partial charge is 0.261 e. The topological polar surface area (TPSA) is 76.4 Å². The van der Waals surface area contributed by atoms with Gasteiger partial charge in [0.25, 0.3) is 5.56 Å². The lowest BCUT2D eigenvalue weighted by atomic mass is 10.1. The quantitative estimate of drug-likeness (QED) is 0.456. The van der Waals surface area contributed by atoms with E-state index in [4.69, 9.17) is 9.72 Å². The Kier molecular flexibility index (Phi) is 6.29. The zero-order chi connectivity index (χ0) is 21.6. The normalized spacial score (nSPS) is 11.9. The van der Waals surface area contributed by atoms with E-state index < -0.39 is 6.10 Å². The number of aliphatic hydroxyl groups is 1. The van der Waals surface area contributed by atoms with Crippen molar-refractivity contribution in [3.05, 3.63) is 89.2 Å². The largest absolute Gasteiger partial charge is 0.492 e. The van der Waals surface area contributed by atoms with Crippen LogP contribution in [0.25, 0.3) is 22.3 Å². The van der Waals surface area contributed by atoms with Crippen molar-refractivity contribution in [2.45, 2.75) is 19.6 Å². The van der Waals surface area contributed by atoms with Crippen molar-refractivity contribution in [2.24, 2.45) is 0 Å². The number of ether oxygens (including phenoxy) is 1. The molecule has 1 aromatic heterocycles. The Hall–Kier alpha value is -3.64. The Morgan fingerprint density at radius 1 is 1.00 bits per heavy atom. The third-order valence-corrected chi connectivity index (χ3v) is 5.00. The Balaban J connectivity index is 1.63. The highest BCUT2D eigenvalue weighted by Gasteiger charge is 2.16. The maximum atomic E-state index is 13.2. The number of benzene rings is 3. The predicted octanol–water partition coefficient (Wildman–Crippen LogP) is 3.94. The van der Waals surface area contributed by atoms with Gasteiger partial charge in [-0.3, -0.25) is 9.36 Å². The number of anilines is 1. The summed E-state index contributed by atoms with van der Waals surface area (Å²) in [6, 6.07) is 24.4. The molecule has 0 fully saturated rings. The van der Waals surface area contributed by atoms with Crippen LogP contribution in [0.3, 0.4) is 0 Å². The molecule has 6 nitrogen and oxygen atoms in total. The zero-order valence-corrected chi connectivity index (χ0v) is 17.4. The Labute approximate surface area is 180 Å². The summed E-state index contributed by atoms with van der Waals surface area (Å²) in [5.41, 5.74) is 2.10. The van der Waals surface area contributed by atoms with Crippen LogP contribution in [-0.4, -0.2) is 33.9 Å². The molecule has 158 valence electrons. The number of aromatic nitrogens is 2. The molecule has 0 amide bonds. The Bertz CT molecular complexity index is 1220. The van der Waals surface area contributed by atoms with Crippen molar-refractivity contribution >= 4 is 16.6 Å². The number of hydrogen-bond acceptors (Lipinski definition) is 5. The molecule has 0 aliphatic rings. The van der Waals surface area contributed by atoms with Gasteiger partial charge in [-0.1, -0.05) is 54.6 Å². The van der Waals surface area contributed by atoms with Crippen molar-refractivity contribution in [1.82, 2.24) is 9.55 Å². The molecule has 31 heavy (non-hydrogen) atoms. The maximum absolute atomic E-state index is 13.2. The molecule has 0 radical (unpaired) electrons. The molecular weight excluding hydrogens is 390 g/mol. The van der Waals surface area contributed by atoms with Crippen LogP contribution in [0.1, 0.15) is 6.92 Å². The second-order valence-electron chi connectivity index (χ2n) is 7.20. The molecule has 6 heteroatoms. The molecule has 1 heterocycles. The first-order chi connectivity index (χ1) is 15.2. The number of aliphatic hydroxyl groups excluding tert-OH is 1. The summed E-state index contributed by atoms with van der Waals surface area (Å²) < 4.78 is 7.18. The van der Waals surface area contributed by atoms with Crippen LogP contribution in [0.4, 0.5) is 5.69 Å². The van der Waals surface area contributed by atoms with Gasteiger partial charge in [0, 0.05) is 12.1 Å². The van der Waals surface area contributed by atoms with Crippen molar-refractivity contribution in [1.29, 1.82) is 0 Å². The number of nitrogens with zero attached hydrogens (tertiary/aromatic N) is 2. The average molecular weight is 415 g/mol. The van der Waals surface area contributed by atoms with E-state index in [0.29, 0.717) is 23.3 Å². The van der Waals surface area contributed by atoms with E-state index in [1.54, 1.807) is 10.6 Å². The molecule has 0 saturated carbocycles. The van der Waals surface area contributed by atoms with Crippen LogP contribution in [0.5, 0.6) is 5.75 Å². The minimum Gasteiger partial charge on any atom is -0.492 e. The van der Waals surface area contributed by atoms with E-state index in [1.165, 1.54) is 0 Å². The van der Waals surface area contributed by atoms with E-state index in [1.807, 2.05) is 79.7 Å². The minimum absolute atomic E-state index is 0.116. The lowest BCUT2D eigenvalue weighted by Crippen LogP contribution is -2.32. The van der Waals surface area contributed by atoms with Gasteiger partial charge >= 0.3 is 0 Å². The van der Waals surface area contributed by atoms with Gasteiger partial charge in [0.05, 0.1) is 35.8 Å². The lowest BCUT2D eigenvalue weighted by Gasteiger charge is -2.19. The number of nitrogens with one attached hydrogen (secondary N) is 1. The molecule has 3 aromatic carbocycles. The van der Waals surface area contributed by atoms with E-state index in [-0.39, 0.29) is 18.6 Å². The molecule has 0 bridgehead atoms. The monoisotopic (exact) mass is 415 g/mol.